The summed E-state index contributed by atoms with van der Waals surface area (Å²) in [5, 5.41) is 3.27. The summed E-state index contributed by atoms with van der Waals surface area (Å²) in [6.45, 7) is 5.48. The molecule has 0 unspecified atom stereocenters. The molecule has 0 aromatic heterocycles. The minimum Gasteiger partial charge on any atom is -0.491 e. The van der Waals surface area contributed by atoms with Crippen LogP contribution in [0.5, 0.6) is 5.75 Å². The largest absolute Gasteiger partial charge is 0.491 e. The molecule has 102 valence electrons. The van der Waals surface area contributed by atoms with E-state index in [1.165, 1.54) is 5.56 Å². The molecule has 0 heterocycles. The molecule has 0 fully saturated rings. The van der Waals surface area contributed by atoms with Crippen molar-refractivity contribution >= 4 is 0 Å². The number of hydrogen-bond donors (Lipinski definition) is 1. The highest BCUT2D eigenvalue weighted by molar-refractivity contribution is 5.27. The quantitative estimate of drug-likeness (QED) is 0.721. The summed E-state index contributed by atoms with van der Waals surface area (Å²) >= 11 is 0. The number of ether oxygens (including phenoxy) is 3. The van der Waals surface area contributed by atoms with E-state index in [0.29, 0.717) is 6.54 Å². The van der Waals surface area contributed by atoms with Gasteiger partial charge in [-0.3, -0.25) is 0 Å². The van der Waals surface area contributed by atoms with Gasteiger partial charge in [0.2, 0.25) is 0 Å². The number of benzene rings is 1. The molecule has 0 aliphatic heterocycles. The van der Waals surface area contributed by atoms with Gasteiger partial charge in [0.25, 0.3) is 0 Å². The minimum absolute atomic E-state index is 0.200. The molecule has 1 aromatic rings. The molecular weight excluding hydrogens is 230 g/mol. The first-order valence-corrected chi connectivity index (χ1v) is 6.17. The molecule has 0 aliphatic carbocycles. The maximum Gasteiger partial charge on any atom is 0.169 e. The average Bonchev–Trinajstić information content (AvgIpc) is 2.36. The van der Waals surface area contributed by atoms with Crippen LogP contribution in [0.25, 0.3) is 0 Å². The van der Waals surface area contributed by atoms with Gasteiger partial charge in [0.05, 0.1) is 6.10 Å². The molecule has 0 amide bonds. The summed E-state index contributed by atoms with van der Waals surface area (Å²) in [6.07, 6.45) is 0.00619. The zero-order valence-electron chi connectivity index (χ0n) is 11.6. The van der Waals surface area contributed by atoms with Crippen LogP contribution in [0.2, 0.25) is 0 Å². The van der Waals surface area contributed by atoms with Crippen LogP contribution in [0, 0.1) is 0 Å². The number of rotatable bonds is 8. The van der Waals surface area contributed by atoms with E-state index in [1.54, 1.807) is 14.2 Å². The first kappa shape index (κ1) is 15.0. The van der Waals surface area contributed by atoms with E-state index in [2.05, 4.69) is 17.4 Å². The summed E-state index contributed by atoms with van der Waals surface area (Å²) in [5.74, 6) is 0.903. The van der Waals surface area contributed by atoms with Gasteiger partial charge in [-0.1, -0.05) is 12.1 Å². The van der Waals surface area contributed by atoms with Gasteiger partial charge in [0.1, 0.15) is 5.75 Å². The van der Waals surface area contributed by atoms with Crippen molar-refractivity contribution in [3.05, 3.63) is 29.8 Å². The Hall–Kier alpha value is -1.10. The molecule has 1 aromatic carbocycles. The molecule has 1 N–H and O–H groups in total. The second kappa shape index (κ2) is 8.08. The van der Waals surface area contributed by atoms with Crippen LogP contribution in [0.3, 0.4) is 0 Å². The van der Waals surface area contributed by atoms with E-state index in [0.717, 1.165) is 12.3 Å². The van der Waals surface area contributed by atoms with Crippen LogP contribution in [-0.4, -0.2) is 33.2 Å². The van der Waals surface area contributed by atoms with E-state index in [9.17, 15) is 0 Å². The van der Waals surface area contributed by atoms with Gasteiger partial charge in [-0.25, -0.2) is 0 Å². The van der Waals surface area contributed by atoms with E-state index in [1.807, 2.05) is 26.0 Å². The second-order valence-electron chi connectivity index (χ2n) is 4.34. The molecule has 0 aliphatic rings. The normalized spacial score (nSPS) is 11.2. The molecule has 4 heteroatoms. The van der Waals surface area contributed by atoms with Crippen molar-refractivity contribution in [3.8, 4) is 5.75 Å². The third-order valence-corrected chi connectivity index (χ3v) is 2.46. The van der Waals surface area contributed by atoms with Gasteiger partial charge in [-0.15, -0.1) is 0 Å². The zero-order chi connectivity index (χ0) is 13.4. The number of hydrogen-bond acceptors (Lipinski definition) is 4. The van der Waals surface area contributed by atoms with E-state index >= 15 is 0 Å². The lowest BCUT2D eigenvalue weighted by atomic mass is 10.2. The molecule has 0 saturated carbocycles. The fourth-order valence-corrected chi connectivity index (χ4v) is 1.56. The van der Waals surface area contributed by atoms with Crippen LogP contribution in [-0.2, 0) is 16.0 Å². The van der Waals surface area contributed by atoms with Crippen molar-refractivity contribution in [3.63, 3.8) is 0 Å². The number of nitrogens with one attached hydrogen (secondary N) is 1. The Labute approximate surface area is 109 Å². The topological polar surface area (TPSA) is 39.7 Å². The lowest BCUT2D eigenvalue weighted by molar-refractivity contribution is -0.0989. The lowest BCUT2D eigenvalue weighted by Gasteiger charge is -2.14. The van der Waals surface area contributed by atoms with Crippen LogP contribution >= 0.6 is 0 Å². The maximum absolute atomic E-state index is 5.59. The highest BCUT2D eigenvalue weighted by Crippen LogP contribution is 2.13. The first-order valence-electron chi connectivity index (χ1n) is 6.17. The average molecular weight is 253 g/mol. The monoisotopic (exact) mass is 253 g/mol. The zero-order valence-corrected chi connectivity index (χ0v) is 11.6. The van der Waals surface area contributed by atoms with Crippen molar-refractivity contribution in [2.75, 3.05) is 20.8 Å². The Kier molecular flexibility index (Phi) is 6.72. The minimum atomic E-state index is -0.200. The van der Waals surface area contributed by atoms with Crippen LogP contribution < -0.4 is 10.1 Å². The SMILES string of the molecule is COC(CNCc1ccc(OC(C)C)cc1)OC. The van der Waals surface area contributed by atoms with Crippen LogP contribution in [0.4, 0.5) is 0 Å². The second-order valence-corrected chi connectivity index (χ2v) is 4.34. The van der Waals surface area contributed by atoms with Crippen LogP contribution in [0.15, 0.2) is 24.3 Å². The fourth-order valence-electron chi connectivity index (χ4n) is 1.56. The van der Waals surface area contributed by atoms with Gasteiger partial charge >= 0.3 is 0 Å². The molecule has 0 atom stereocenters. The van der Waals surface area contributed by atoms with Crippen molar-refractivity contribution in [1.29, 1.82) is 0 Å². The Balaban J connectivity index is 2.35. The summed E-state index contributed by atoms with van der Waals surface area (Å²) in [5.41, 5.74) is 1.21. The highest BCUT2D eigenvalue weighted by Gasteiger charge is 2.03. The molecule has 0 saturated heterocycles. The smallest absolute Gasteiger partial charge is 0.169 e. The van der Waals surface area contributed by atoms with Gasteiger partial charge in [0, 0.05) is 27.3 Å². The summed E-state index contributed by atoms with van der Waals surface area (Å²) in [6, 6.07) is 8.08. The van der Waals surface area contributed by atoms with E-state index < -0.39 is 0 Å². The summed E-state index contributed by atoms with van der Waals surface area (Å²) < 4.78 is 15.8. The van der Waals surface area contributed by atoms with Gasteiger partial charge in [0.15, 0.2) is 6.29 Å². The molecule has 0 bridgehead atoms. The molecule has 4 nitrogen and oxygen atoms in total. The first-order chi connectivity index (χ1) is 8.65. The van der Waals surface area contributed by atoms with Gasteiger partial charge in [-0.2, -0.15) is 0 Å². The predicted octanol–water partition coefficient (Wildman–Crippen LogP) is 2.18. The maximum atomic E-state index is 5.59. The van der Waals surface area contributed by atoms with Crippen molar-refractivity contribution in [1.82, 2.24) is 5.32 Å². The van der Waals surface area contributed by atoms with Crippen molar-refractivity contribution < 1.29 is 14.2 Å². The molecule has 0 radical (unpaired) electrons. The molecule has 18 heavy (non-hydrogen) atoms. The molecule has 1 rings (SSSR count). The van der Waals surface area contributed by atoms with E-state index in [-0.39, 0.29) is 12.4 Å². The molecule has 0 spiro atoms. The predicted molar refractivity (Wildman–Crippen MR) is 71.7 cm³/mol. The Morgan fingerprint density at radius 3 is 2.17 bits per heavy atom. The Morgan fingerprint density at radius 2 is 1.67 bits per heavy atom. The third-order valence-electron chi connectivity index (χ3n) is 2.46. The van der Waals surface area contributed by atoms with Gasteiger partial charge < -0.3 is 19.5 Å². The van der Waals surface area contributed by atoms with E-state index in [4.69, 9.17) is 14.2 Å². The summed E-state index contributed by atoms with van der Waals surface area (Å²) in [7, 11) is 3.27. The van der Waals surface area contributed by atoms with Crippen LogP contribution in [0.1, 0.15) is 19.4 Å². The van der Waals surface area contributed by atoms with Crippen molar-refractivity contribution in [2.24, 2.45) is 0 Å². The Morgan fingerprint density at radius 1 is 1.06 bits per heavy atom. The summed E-state index contributed by atoms with van der Waals surface area (Å²) in [4.78, 5) is 0. The highest BCUT2D eigenvalue weighted by atomic mass is 16.7. The molecular formula is C14H23NO3. The lowest BCUT2D eigenvalue weighted by Crippen LogP contribution is -2.29. The van der Waals surface area contributed by atoms with Crippen molar-refractivity contribution in [2.45, 2.75) is 32.8 Å². The fraction of sp³-hybridized carbons (Fsp3) is 0.571. The standard InChI is InChI=1S/C14H23NO3/c1-11(2)18-13-7-5-12(6-8-13)9-15-10-14(16-3)17-4/h5-8,11,14-15H,9-10H2,1-4H3. The number of methoxy groups -OCH3 is 2. The van der Waals surface area contributed by atoms with Gasteiger partial charge in [-0.05, 0) is 31.5 Å². The Bertz CT molecular complexity index is 320. The third kappa shape index (κ3) is 5.49.